The first-order chi connectivity index (χ1) is 10.00. The largest absolute Gasteiger partial charge is 0.381 e. The van der Waals surface area contributed by atoms with Gasteiger partial charge in [-0.25, -0.2) is 0 Å². The highest BCUT2D eigenvalue weighted by molar-refractivity contribution is 9.10. The lowest BCUT2D eigenvalue weighted by molar-refractivity contribution is 0.104. The third-order valence-electron chi connectivity index (χ3n) is 3.61. The predicted octanol–water partition coefficient (Wildman–Crippen LogP) is 4.91. The molecule has 2 aromatic carbocycles. The molecule has 2 nitrogen and oxygen atoms in total. The van der Waals surface area contributed by atoms with Gasteiger partial charge in [-0.2, -0.15) is 0 Å². The standard InChI is InChI=1S/C17H13BrClNO/c1-17(21,13-8-7-12(18)10-15(13)19)14-6-2-4-11-5-3-9-20-16(11)14/h2-10,21H,1H3. The van der Waals surface area contributed by atoms with Gasteiger partial charge >= 0.3 is 0 Å². The number of pyridine rings is 1. The van der Waals surface area contributed by atoms with Gasteiger partial charge in [0, 0.05) is 32.2 Å². The van der Waals surface area contributed by atoms with E-state index in [-0.39, 0.29) is 0 Å². The zero-order valence-electron chi connectivity index (χ0n) is 11.3. The summed E-state index contributed by atoms with van der Waals surface area (Å²) in [6.07, 6.45) is 1.73. The van der Waals surface area contributed by atoms with Crippen molar-refractivity contribution in [2.24, 2.45) is 0 Å². The molecule has 1 aromatic heterocycles. The van der Waals surface area contributed by atoms with Crippen LogP contribution in [0.1, 0.15) is 18.1 Å². The van der Waals surface area contributed by atoms with E-state index in [1.54, 1.807) is 19.2 Å². The minimum Gasteiger partial charge on any atom is -0.381 e. The Labute approximate surface area is 136 Å². The van der Waals surface area contributed by atoms with E-state index >= 15 is 0 Å². The van der Waals surface area contributed by atoms with Gasteiger partial charge in [0.2, 0.25) is 0 Å². The first kappa shape index (κ1) is 14.5. The fourth-order valence-corrected chi connectivity index (χ4v) is 3.38. The third-order valence-corrected chi connectivity index (χ3v) is 4.42. The van der Waals surface area contributed by atoms with Crippen molar-refractivity contribution in [2.45, 2.75) is 12.5 Å². The quantitative estimate of drug-likeness (QED) is 0.703. The van der Waals surface area contributed by atoms with Gasteiger partial charge in [-0.1, -0.05) is 57.9 Å². The van der Waals surface area contributed by atoms with E-state index in [1.165, 1.54) is 0 Å². The van der Waals surface area contributed by atoms with Crippen molar-refractivity contribution < 1.29 is 5.11 Å². The topological polar surface area (TPSA) is 33.1 Å². The van der Waals surface area contributed by atoms with Crippen LogP contribution >= 0.6 is 27.5 Å². The molecule has 0 bridgehead atoms. The number of hydrogen-bond donors (Lipinski definition) is 1. The Morgan fingerprint density at radius 1 is 1.10 bits per heavy atom. The van der Waals surface area contributed by atoms with Crippen LogP contribution in [0.25, 0.3) is 10.9 Å². The summed E-state index contributed by atoms with van der Waals surface area (Å²) in [6, 6.07) is 15.1. The lowest BCUT2D eigenvalue weighted by atomic mass is 9.86. The van der Waals surface area contributed by atoms with Crippen LogP contribution in [0.5, 0.6) is 0 Å². The Hall–Kier alpha value is -1.42. The molecule has 0 aliphatic carbocycles. The molecule has 3 aromatic rings. The summed E-state index contributed by atoms with van der Waals surface area (Å²) in [4.78, 5) is 4.41. The number of halogens is 2. The first-order valence-corrected chi connectivity index (χ1v) is 7.69. The molecule has 0 amide bonds. The van der Waals surface area contributed by atoms with Crippen LogP contribution in [0.3, 0.4) is 0 Å². The molecule has 0 saturated carbocycles. The minimum absolute atomic E-state index is 0.516. The van der Waals surface area contributed by atoms with Crippen molar-refractivity contribution in [1.29, 1.82) is 0 Å². The van der Waals surface area contributed by atoms with Gasteiger partial charge in [0.05, 0.1) is 5.52 Å². The fourth-order valence-electron chi connectivity index (χ4n) is 2.53. The summed E-state index contributed by atoms with van der Waals surface area (Å²) in [7, 11) is 0. The summed E-state index contributed by atoms with van der Waals surface area (Å²) < 4.78 is 0.878. The van der Waals surface area contributed by atoms with Gasteiger partial charge in [0.1, 0.15) is 5.60 Å². The minimum atomic E-state index is -1.22. The van der Waals surface area contributed by atoms with Crippen molar-refractivity contribution in [1.82, 2.24) is 4.98 Å². The second-order valence-corrected chi connectivity index (χ2v) is 6.40. The molecule has 0 aliphatic heterocycles. The lowest BCUT2D eigenvalue weighted by Gasteiger charge is -2.26. The summed E-state index contributed by atoms with van der Waals surface area (Å²) >= 11 is 9.69. The Balaban J connectivity index is 2.25. The molecule has 0 fully saturated rings. The molecule has 0 radical (unpaired) electrons. The number of hydrogen-bond acceptors (Lipinski definition) is 2. The van der Waals surface area contributed by atoms with Crippen LogP contribution in [0.2, 0.25) is 5.02 Å². The zero-order valence-corrected chi connectivity index (χ0v) is 13.7. The Morgan fingerprint density at radius 2 is 1.86 bits per heavy atom. The maximum Gasteiger partial charge on any atom is 0.115 e. The van der Waals surface area contributed by atoms with Gasteiger partial charge in [0.15, 0.2) is 0 Å². The van der Waals surface area contributed by atoms with Gasteiger partial charge in [0.25, 0.3) is 0 Å². The van der Waals surface area contributed by atoms with Crippen molar-refractivity contribution in [3.05, 3.63) is 75.4 Å². The highest BCUT2D eigenvalue weighted by Crippen LogP contribution is 2.37. The molecule has 4 heteroatoms. The summed E-state index contributed by atoms with van der Waals surface area (Å²) in [5.41, 5.74) is 0.963. The third kappa shape index (κ3) is 2.57. The second-order valence-electron chi connectivity index (χ2n) is 5.08. The average molecular weight is 363 g/mol. The number of aromatic nitrogens is 1. The van der Waals surface area contributed by atoms with Crippen LogP contribution in [-0.4, -0.2) is 10.1 Å². The maximum atomic E-state index is 11.1. The number of nitrogens with zero attached hydrogens (tertiary/aromatic N) is 1. The highest BCUT2D eigenvalue weighted by atomic mass is 79.9. The van der Waals surface area contributed by atoms with Crippen molar-refractivity contribution >= 4 is 38.4 Å². The molecule has 1 N–H and O–H groups in total. The van der Waals surface area contributed by atoms with E-state index in [9.17, 15) is 5.11 Å². The predicted molar refractivity (Wildman–Crippen MR) is 89.6 cm³/mol. The number of para-hydroxylation sites is 1. The van der Waals surface area contributed by atoms with Gasteiger partial charge in [-0.05, 0) is 25.1 Å². The molecule has 1 heterocycles. The summed E-state index contributed by atoms with van der Waals surface area (Å²) in [6.45, 7) is 1.74. The van der Waals surface area contributed by atoms with Crippen molar-refractivity contribution in [2.75, 3.05) is 0 Å². The SMILES string of the molecule is CC(O)(c1ccc(Br)cc1Cl)c1cccc2cccnc12. The molecule has 1 unspecified atom stereocenters. The monoisotopic (exact) mass is 361 g/mol. The lowest BCUT2D eigenvalue weighted by Crippen LogP contribution is -2.24. The van der Waals surface area contributed by atoms with E-state index in [4.69, 9.17) is 11.6 Å². The van der Waals surface area contributed by atoms with E-state index in [0.717, 1.165) is 20.9 Å². The Kier molecular flexibility index (Phi) is 3.74. The highest BCUT2D eigenvalue weighted by Gasteiger charge is 2.30. The zero-order chi connectivity index (χ0) is 15.0. The fraction of sp³-hybridized carbons (Fsp3) is 0.118. The van der Waals surface area contributed by atoms with Crippen LogP contribution in [0.15, 0.2) is 59.2 Å². The molecule has 0 saturated heterocycles. The normalized spacial score (nSPS) is 14.1. The van der Waals surface area contributed by atoms with Gasteiger partial charge in [-0.3, -0.25) is 4.98 Å². The Morgan fingerprint density at radius 3 is 2.62 bits per heavy atom. The molecule has 3 rings (SSSR count). The maximum absolute atomic E-state index is 11.1. The van der Waals surface area contributed by atoms with Gasteiger partial charge in [-0.15, -0.1) is 0 Å². The summed E-state index contributed by atoms with van der Waals surface area (Å²) in [5.74, 6) is 0. The first-order valence-electron chi connectivity index (χ1n) is 6.52. The van der Waals surface area contributed by atoms with Crippen LogP contribution < -0.4 is 0 Å². The molecule has 106 valence electrons. The number of rotatable bonds is 2. The molecule has 21 heavy (non-hydrogen) atoms. The average Bonchev–Trinajstić information content (AvgIpc) is 2.46. The second kappa shape index (κ2) is 5.41. The summed E-state index contributed by atoms with van der Waals surface area (Å²) in [5, 5.41) is 12.6. The molecular weight excluding hydrogens is 350 g/mol. The molecule has 1 atom stereocenters. The van der Waals surface area contributed by atoms with E-state index in [2.05, 4.69) is 20.9 Å². The Bertz CT molecular complexity index is 811. The molecular formula is C17H13BrClNO. The van der Waals surface area contributed by atoms with E-state index < -0.39 is 5.60 Å². The van der Waals surface area contributed by atoms with E-state index in [1.807, 2.05) is 42.5 Å². The van der Waals surface area contributed by atoms with Gasteiger partial charge < -0.3 is 5.11 Å². The van der Waals surface area contributed by atoms with Crippen molar-refractivity contribution in [3.63, 3.8) is 0 Å². The number of fused-ring (bicyclic) bond motifs is 1. The van der Waals surface area contributed by atoms with E-state index in [0.29, 0.717) is 10.6 Å². The number of benzene rings is 2. The van der Waals surface area contributed by atoms with Crippen molar-refractivity contribution in [3.8, 4) is 0 Å². The molecule has 0 spiro atoms. The van der Waals surface area contributed by atoms with Crippen LogP contribution in [0.4, 0.5) is 0 Å². The van der Waals surface area contributed by atoms with Crippen LogP contribution in [-0.2, 0) is 5.60 Å². The van der Waals surface area contributed by atoms with Crippen LogP contribution in [0, 0.1) is 0 Å². The molecule has 0 aliphatic rings. The number of aliphatic hydroxyl groups is 1. The smallest absolute Gasteiger partial charge is 0.115 e.